The Morgan fingerprint density at radius 2 is 1.12 bits per heavy atom. The Morgan fingerprint density at radius 3 is 1.45 bits per heavy atom. The topological polar surface area (TPSA) is 57.5 Å². The molecule has 0 aliphatic carbocycles. The molecule has 0 aromatic heterocycles. The van der Waals surface area contributed by atoms with Crippen molar-refractivity contribution >= 4 is 29.5 Å². The van der Waals surface area contributed by atoms with Crippen LogP contribution in [0.15, 0.2) is 46.6 Å². The van der Waals surface area contributed by atoms with Crippen LogP contribution in [0.2, 0.25) is 0 Å². The van der Waals surface area contributed by atoms with Gasteiger partial charge in [0.2, 0.25) is 5.96 Å². The molecule has 0 amide bonds. The smallest absolute Gasteiger partial charge is 0.351 e. The molecule has 2 aromatic rings. The molecule has 0 saturated carbocycles. The van der Waals surface area contributed by atoms with Crippen molar-refractivity contribution in [3.8, 4) is 0 Å². The molecular formula is C34H50N4O2. The maximum Gasteiger partial charge on any atom is 0.351 e. The van der Waals surface area contributed by atoms with Crippen molar-refractivity contribution in [3.05, 3.63) is 58.7 Å². The summed E-state index contributed by atoms with van der Waals surface area (Å²) in [6.07, 6.45) is 2.17. The number of hydrogen-bond donors (Lipinski definition) is 0. The van der Waals surface area contributed by atoms with Crippen LogP contribution >= 0.6 is 0 Å². The van der Waals surface area contributed by atoms with Gasteiger partial charge in [0.15, 0.2) is 0 Å². The van der Waals surface area contributed by atoms with Crippen molar-refractivity contribution in [2.24, 2.45) is 10.2 Å². The highest BCUT2D eigenvalue weighted by atomic mass is 16.6. The Labute approximate surface area is 242 Å². The van der Waals surface area contributed by atoms with Crippen LogP contribution in [-0.4, -0.2) is 36.8 Å². The van der Waals surface area contributed by atoms with E-state index in [1.165, 1.54) is 39.8 Å². The monoisotopic (exact) mass is 546 g/mol. The molecule has 1 saturated heterocycles. The molecule has 2 aromatic carbocycles. The van der Waals surface area contributed by atoms with Crippen LogP contribution in [0.3, 0.4) is 0 Å². The van der Waals surface area contributed by atoms with Gasteiger partial charge in [-0.2, -0.15) is 0 Å². The van der Waals surface area contributed by atoms with Crippen molar-refractivity contribution in [2.45, 2.75) is 112 Å². The first kappa shape index (κ1) is 31.4. The summed E-state index contributed by atoms with van der Waals surface area (Å²) in [6.45, 7) is 25.1. The lowest BCUT2D eigenvalue weighted by molar-refractivity contribution is -0.145. The lowest BCUT2D eigenvalue weighted by Crippen LogP contribution is -2.52. The van der Waals surface area contributed by atoms with Gasteiger partial charge in [-0.15, -0.1) is 10.2 Å². The molecule has 218 valence electrons. The van der Waals surface area contributed by atoms with Gasteiger partial charge >= 0.3 is 5.97 Å². The fourth-order valence-corrected chi connectivity index (χ4v) is 5.37. The molecule has 1 aliphatic heterocycles. The van der Waals surface area contributed by atoms with E-state index < -0.39 is 11.6 Å². The number of esters is 1. The standard InChI is InChI=1S/C34H50N4O2/c1-22(2)26-15-12-16-27(23(3)4)31(26)37-19-14-20-38(33(37)36-35-21-30(39)40-34(9,10)11)32-28(24(5)6)17-13-18-29(32)25(7)8/h12-13,15-18,21-25H,14,19-20H2,1-11H3/b35-21+. The number of nitrogens with zero attached hydrogens (tertiary/aromatic N) is 4. The summed E-state index contributed by atoms with van der Waals surface area (Å²) in [6, 6.07) is 13.3. The minimum atomic E-state index is -0.593. The van der Waals surface area contributed by atoms with Crippen molar-refractivity contribution in [2.75, 3.05) is 22.9 Å². The number of benzene rings is 2. The van der Waals surface area contributed by atoms with Crippen molar-refractivity contribution in [1.29, 1.82) is 0 Å². The summed E-state index contributed by atoms with van der Waals surface area (Å²) in [5.74, 6) is 1.60. The van der Waals surface area contributed by atoms with Crippen LogP contribution in [0.1, 0.15) is 129 Å². The van der Waals surface area contributed by atoms with Crippen LogP contribution in [0.25, 0.3) is 0 Å². The van der Waals surface area contributed by atoms with Gasteiger partial charge < -0.3 is 14.5 Å². The molecule has 0 spiro atoms. The van der Waals surface area contributed by atoms with E-state index in [0.717, 1.165) is 25.5 Å². The molecule has 1 aliphatic rings. The summed E-state index contributed by atoms with van der Waals surface area (Å²) in [7, 11) is 0. The van der Waals surface area contributed by atoms with Gasteiger partial charge in [0, 0.05) is 13.1 Å². The van der Waals surface area contributed by atoms with Crippen LogP contribution in [0.4, 0.5) is 11.4 Å². The van der Waals surface area contributed by atoms with E-state index in [1.807, 2.05) is 20.8 Å². The van der Waals surface area contributed by atoms with Crippen molar-refractivity contribution in [1.82, 2.24) is 0 Å². The predicted molar refractivity (Wildman–Crippen MR) is 170 cm³/mol. The highest BCUT2D eigenvalue weighted by molar-refractivity contribution is 6.23. The summed E-state index contributed by atoms with van der Waals surface area (Å²) in [5.41, 5.74) is 6.98. The maximum absolute atomic E-state index is 12.5. The first-order chi connectivity index (χ1) is 18.7. The predicted octanol–water partition coefficient (Wildman–Crippen LogP) is 8.58. The molecule has 40 heavy (non-hydrogen) atoms. The zero-order chi connectivity index (χ0) is 29.8. The summed E-state index contributed by atoms with van der Waals surface area (Å²) in [4.78, 5) is 17.2. The quantitative estimate of drug-likeness (QED) is 0.189. The molecule has 6 heteroatoms. The summed E-state index contributed by atoms with van der Waals surface area (Å²) < 4.78 is 5.47. The van der Waals surface area contributed by atoms with Gasteiger partial charge in [0.25, 0.3) is 0 Å². The van der Waals surface area contributed by atoms with E-state index in [-0.39, 0.29) is 0 Å². The Hall–Kier alpha value is -3.15. The van der Waals surface area contributed by atoms with Crippen LogP contribution in [0, 0.1) is 0 Å². The Kier molecular flexibility index (Phi) is 10.2. The van der Waals surface area contributed by atoms with E-state index in [0.29, 0.717) is 23.7 Å². The van der Waals surface area contributed by atoms with Gasteiger partial charge in [-0.25, -0.2) is 4.79 Å². The number of hydrogen-bond acceptors (Lipinski definition) is 4. The van der Waals surface area contributed by atoms with Gasteiger partial charge in [-0.3, -0.25) is 0 Å². The molecule has 0 unspecified atom stereocenters. The van der Waals surface area contributed by atoms with E-state index in [1.54, 1.807) is 0 Å². The minimum Gasteiger partial charge on any atom is -0.456 e. The third kappa shape index (κ3) is 7.32. The average Bonchev–Trinajstić information content (AvgIpc) is 2.86. The molecule has 0 radical (unpaired) electrons. The third-order valence-corrected chi connectivity index (χ3v) is 7.19. The highest BCUT2D eigenvalue weighted by Gasteiger charge is 2.33. The maximum atomic E-state index is 12.5. The molecule has 1 heterocycles. The number of carbonyl (C=O) groups is 1. The zero-order valence-electron chi connectivity index (χ0n) is 26.6. The van der Waals surface area contributed by atoms with Gasteiger partial charge in [-0.1, -0.05) is 91.8 Å². The van der Waals surface area contributed by atoms with Crippen LogP contribution in [-0.2, 0) is 9.53 Å². The molecule has 0 bridgehead atoms. The van der Waals surface area contributed by atoms with E-state index >= 15 is 0 Å². The second kappa shape index (κ2) is 13.0. The second-order valence-electron chi connectivity index (χ2n) is 13.0. The van der Waals surface area contributed by atoms with Crippen molar-refractivity contribution < 1.29 is 9.53 Å². The molecule has 0 atom stereocenters. The Bertz CT molecular complexity index is 1110. The minimum absolute atomic E-state index is 0.338. The fraction of sp³-hybridized carbons (Fsp3) is 0.559. The summed E-state index contributed by atoms with van der Waals surface area (Å²) in [5, 5.41) is 9.14. The third-order valence-electron chi connectivity index (χ3n) is 7.19. The highest BCUT2D eigenvalue weighted by Crippen LogP contribution is 2.41. The van der Waals surface area contributed by atoms with Gasteiger partial charge in [0.05, 0.1) is 11.4 Å². The zero-order valence-corrected chi connectivity index (χ0v) is 26.6. The van der Waals surface area contributed by atoms with Crippen molar-refractivity contribution in [3.63, 3.8) is 0 Å². The number of para-hydroxylation sites is 2. The Balaban J connectivity index is 2.29. The van der Waals surface area contributed by atoms with Crippen LogP contribution < -0.4 is 9.80 Å². The average molecular weight is 547 g/mol. The van der Waals surface area contributed by atoms with E-state index in [9.17, 15) is 4.79 Å². The SMILES string of the molecule is CC(C)c1cccc(C(C)C)c1N1CCCN(c2c(C(C)C)cccc2C(C)C)C1=N/N=C/C(=O)OC(C)(C)C. The number of anilines is 2. The molecule has 6 nitrogen and oxygen atoms in total. The van der Waals surface area contributed by atoms with Gasteiger partial charge in [0.1, 0.15) is 11.8 Å². The molecule has 1 fully saturated rings. The van der Waals surface area contributed by atoms with E-state index in [4.69, 9.17) is 9.84 Å². The largest absolute Gasteiger partial charge is 0.456 e. The second-order valence-corrected chi connectivity index (χ2v) is 13.0. The number of rotatable bonds is 8. The molecule has 0 N–H and O–H groups in total. The summed E-state index contributed by atoms with van der Waals surface area (Å²) >= 11 is 0. The first-order valence-corrected chi connectivity index (χ1v) is 14.9. The normalized spacial score (nSPS) is 14.8. The number of carbonyl (C=O) groups excluding carboxylic acids is 1. The number of guanidine groups is 1. The lowest BCUT2D eigenvalue weighted by atomic mass is 9.90. The number of ether oxygens (including phenoxy) is 1. The van der Waals surface area contributed by atoms with E-state index in [2.05, 4.69) is 107 Å². The Morgan fingerprint density at radius 1 is 0.750 bits per heavy atom. The first-order valence-electron chi connectivity index (χ1n) is 14.9. The molecule has 3 rings (SSSR count). The van der Waals surface area contributed by atoms with Crippen LogP contribution in [0.5, 0.6) is 0 Å². The fourth-order valence-electron chi connectivity index (χ4n) is 5.37. The molecular weight excluding hydrogens is 496 g/mol. The lowest BCUT2D eigenvalue weighted by Gasteiger charge is -2.42. The van der Waals surface area contributed by atoms with Gasteiger partial charge in [-0.05, 0) is 73.1 Å².